The molecule has 20 heavy (non-hydrogen) atoms. The van der Waals surface area contributed by atoms with Crippen molar-refractivity contribution >= 4 is 17.2 Å². The molecule has 2 aromatic heterocycles. The van der Waals surface area contributed by atoms with Crippen LogP contribution in [0.3, 0.4) is 0 Å². The van der Waals surface area contributed by atoms with E-state index in [9.17, 15) is 13.6 Å². The van der Waals surface area contributed by atoms with Gasteiger partial charge < -0.3 is 11.1 Å². The third-order valence-electron chi connectivity index (χ3n) is 2.48. The summed E-state index contributed by atoms with van der Waals surface area (Å²) in [6, 6.07) is 3.83. The molecule has 2 aromatic rings. The van der Waals surface area contributed by atoms with Crippen LogP contribution < -0.4 is 11.1 Å². The monoisotopic (exact) mass is 301 g/mol. The number of halogens is 2. The second-order valence-electron chi connectivity index (χ2n) is 4.12. The topological polar surface area (TPSA) is 85.8 Å². The van der Waals surface area contributed by atoms with Crippen molar-refractivity contribution < 1.29 is 13.6 Å². The summed E-state index contributed by atoms with van der Waals surface area (Å²) in [5.74, 6) is -3.82. The molecule has 9 heteroatoms. The molecule has 0 aromatic carbocycles. The second kappa shape index (κ2) is 6.06. The van der Waals surface area contributed by atoms with Crippen LogP contribution in [0.1, 0.15) is 15.4 Å². The lowest BCUT2D eigenvalue weighted by molar-refractivity contribution is 0.0118. The number of nitrogens with two attached hydrogens (primary N) is 1. The van der Waals surface area contributed by atoms with Crippen LogP contribution in [0.5, 0.6) is 0 Å². The number of thiophene rings is 1. The molecule has 0 unspecified atom stereocenters. The van der Waals surface area contributed by atoms with Gasteiger partial charge in [-0.05, 0) is 11.4 Å². The molecule has 0 aliphatic carbocycles. The molecule has 0 saturated heterocycles. The van der Waals surface area contributed by atoms with Gasteiger partial charge in [-0.25, -0.2) is 13.5 Å². The van der Waals surface area contributed by atoms with Gasteiger partial charge >= 0.3 is 0 Å². The Morgan fingerprint density at radius 2 is 2.35 bits per heavy atom. The minimum Gasteiger partial charge on any atom is -0.344 e. The van der Waals surface area contributed by atoms with Gasteiger partial charge in [-0.2, -0.15) is 0 Å². The zero-order chi connectivity index (χ0) is 14.6. The Balaban J connectivity index is 1.93. The van der Waals surface area contributed by atoms with E-state index < -0.39 is 24.9 Å². The van der Waals surface area contributed by atoms with Crippen LogP contribution in [-0.2, 0) is 6.54 Å². The van der Waals surface area contributed by atoms with Crippen molar-refractivity contribution in [3.63, 3.8) is 0 Å². The Morgan fingerprint density at radius 3 is 3.00 bits per heavy atom. The summed E-state index contributed by atoms with van der Waals surface area (Å²) in [7, 11) is 0. The van der Waals surface area contributed by atoms with E-state index in [-0.39, 0.29) is 5.69 Å². The fraction of sp³-hybridized carbons (Fsp3) is 0.364. The van der Waals surface area contributed by atoms with Crippen LogP contribution >= 0.6 is 11.3 Å². The highest BCUT2D eigenvalue weighted by Gasteiger charge is 2.27. The van der Waals surface area contributed by atoms with E-state index in [4.69, 9.17) is 5.73 Å². The zero-order valence-corrected chi connectivity index (χ0v) is 11.2. The fourth-order valence-electron chi connectivity index (χ4n) is 1.41. The number of amides is 1. The highest BCUT2D eigenvalue weighted by molar-refractivity contribution is 7.09. The van der Waals surface area contributed by atoms with Crippen molar-refractivity contribution in [2.24, 2.45) is 5.73 Å². The number of aromatic nitrogens is 3. The normalized spacial score (nSPS) is 11.6. The third kappa shape index (κ3) is 3.81. The molecule has 0 aliphatic heterocycles. The van der Waals surface area contributed by atoms with Gasteiger partial charge in [-0.15, -0.1) is 16.4 Å². The minimum absolute atomic E-state index is 0.00521. The number of hydrogen-bond donors (Lipinski definition) is 2. The van der Waals surface area contributed by atoms with Crippen molar-refractivity contribution in [3.05, 3.63) is 34.3 Å². The predicted molar refractivity (Wildman–Crippen MR) is 69.8 cm³/mol. The molecular weight excluding hydrogens is 288 g/mol. The van der Waals surface area contributed by atoms with Gasteiger partial charge in [0, 0.05) is 4.88 Å². The van der Waals surface area contributed by atoms with E-state index in [0.717, 1.165) is 4.88 Å². The number of carbonyl (C=O) groups is 1. The number of carbonyl (C=O) groups excluding carboxylic acids is 1. The van der Waals surface area contributed by atoms with Crippen LogP contribution in [-0.4, -0.2) is 39.9 Å². The first kappa shape index (κ1) is 14.5. The smallest absolute Gasteiger partial charge is 0.277 e. The van der Waals surface area contributed by atoms with Gasteiger partial charge in [0.15, 0.2) is 5.69 Å². The number of rotatable bonds is 6. The molecule has 0 aliphatic rings. The molecule has 1 amide bonds. The molecule has 0 fully saturated rings. The summed E-state index contributed by atoms with van der Waals surface area (Å²) in [4.78, 5) is 12.7. The van der Waals surface area contributed by atoms with Gasteiger partial charge in [-0.3, -0.25) is 4.79 Å². The maximum atomic E-state index is 12.9. The largest absolute Gasteiger partial charge is 0.344 e. The maximum absolute atomic E-state index is 12.9. The number of alkyl halides is 2. The Bertz CT molecular complexity index is 569. The van der Waals surface area contributed by atoms with Crippen LogP contribution in [0.25, 0.3) is 0 Å². The summed E-state index contributed by atoms with van der Waals surface area (Å²) < 4.78 is 27.3. The molecule has 0 spiro atoms. The van der Waals surface area contributed by atoms with Crippen molar-refractivity contribution in [2.75, 3.05) is 13.1 Å². The van der Waals surface area contributed by atoms with E-state index in [1.807, 2.05) is 17.5 Å². The molecule has 2 heterocycles. The fourth-order valence-corrected chi connectivity index (χ4v) is 2.11. The summed E-state index contributed by atoms with van der Waals surface area (Å²) in [6.07, 6.45) is 1.41. The Morgan fingerprint density at radius 1 is 1.55 bits per heavy atom. The molecule has 0 radical (unpaired) electrons. The molecule has 0 atom stereocenters. The SMILES string of the molecule is NCC(F)(F)CNC(=O)c1cn(Cc2cccs2)nn1. The Labute approximate surface area is 117 Å². The lowest BCUT2D eigenvalue weighted by atomic mass is 10.3. The van der Waals surface area contributed by atoms with Gasteiger partial charge in [0.25, 0.3) is 11.8 Å². The number of nitrogens with zero attached hydrogens (tertiary/aromatic N) is 3. The first-order valence-corrected chi connectivity index (χ1v) is 6.67. The first-order valence-electron chi connectivity index (χ1n) is 5.79. The van der Waals surface area contributed by atoms with Crippen molar-refractivity contribution in [1.82, 2.24) is 20.3 Å². The molecule has 108 valence electrons. The van der Waals surface area contributed by atoms with Crippen LogP contribution in [0.2, 0.25) is 0 Å². The second-order valence-corrected chi connectivity index (χ2v) is 5.16. The van der Waals surface area contributed by atoms with Gasteiger partial charge in [0.1, 0.15) is 0 Å². The average molecular weight is 301 g/mol. The Hall–Kier alpha value is -1.87. The first-order chi connectivity index (χ1) is 9.50. The van der Waals surface area contributed by atoms with Crippen LogP contribution in [0.4, 0.5) is 8.78 Å². The molecule has 6 nitrogen and oxygen atoms in total. The zero-order valence-electron chi connectivity index (χ0n) is 10.4. The molecule has 0 bridgehead atoms. The maximum Gasteiger partial charge on any atom is 0.277 e. The van der Waals surface area contributed by atoms with E-state index in [1.54, 1.807) is 11.3 Å². The minimum atomic E-state index is -3.12. The van der Waals surface area contributed by atoms with Crippen LogP contribution in [0, 0.1) is 0 Å². The average Bonchev–Trinajstić information content (AvgIpc) is 3.08. The molecule has 2 rings (SSSR count). The summed E-state index contributed by atoms with van der Waals surface area (Å²) >= 11 is 1.55. The molecule has 0 saturated carbocycles. The number of nitrogens with one attached hydrogen (secondary N) is 1. The highest BCUT2D eigenvalue weighted by atomic mass is 32.1. The molecule has 3 N–H and O–H groups in total. The van der Waals surface area contributed by atoms with Crippen molar-refractivity contribution in [1.29, 1.82) is 0 Å². The quantitative estimate of drug-likeness (QED) is 0.823. The predicted octanol–water partition coefficient (Wildman–Crippen LogP) is 0.712. The Kier molecular flexibility index (Phi) is 4.40. The lowest BCUT2D eigenvalue weighted by Gasteiger charge is -2.13. The molecular formula is C11H13F2N5OS. The summed E-state index contributed by atoms with van der Waals surface area (Å²) in [6.45, 7) is -1.16. The summed E-state index contributed by atoms with van der Waals surface area (Å²) in [5, 5.41) is 11.4. The summed E-state index contributed by atoms with van der Waals surface area (Å²) in [5.41, 5.74) is 4.87. The van der Waals surface area contributed by atoms with E-state index in [0.29, 0.717) is 6.54 Å². The van der Waals surface area contributed by atoms with E-state index in [1.165, 1.54) is 10.9 Å². The van der Waals surface area contributed by atoms with E-state index >= 15 is 0 Å². The van der Waals surface area contributed by atoms with Gasteiger partial charge in [-0.1, -0.05) is 11.3 Å². The van der Waals surface area contributed by atoms with Crippen molar-refractivity contribution in [3.8, 4) is 0 Å². The van der Waals surface area contributed by atoms with Crippen molar-refractivity contribution in [2.45, 2.75) is 12.5 Å². The lowest BCUT2D eigenvalue weighted by Crippen LogP contribution is -2.41. The number of hydrogen-bond acceptors (Lipinski definition) is 5. The van der Waals surface area contributed by atoms with E-state index in [2.05, 4.69) is 15.6 Å². The van der Waals surface area contributed by atoms with Gasteiger partial charge in [0.05, 0.1) is 25.8 Å². The standard InChI is InChI=1S/C11H13F2N5OS/c12-11(13,6-14)7-15-10(19)9-5-18(17-16-9)4-8-2-1-3-20-8/h1-3,5H,4,6-7,14H2,(H,15,19). The third-order valence-corrected chi connectivity index (χ3v) is 3.34. The van der Waals surface area contributed by atoms with Crippen LogP contribution in [0.15, 0.2) is 23.7 Å². The van der Waals surface area contributed by atoms with Gasteiger partial charge in [0.2, 0.25) is 0 Å². The highest BCUT2D eigenvalue weighted by Crippen LogP contribution is 2.11.